The highest BCUT2D eigenvalue weighted by atomic mass is 16.1. The summed E-state index contributed by atoms with van der Waals surface area (Å²) in [5, 5.41) is 6.19. The lowest BCUT2D eigenvalue weighted by molar-refractivity contribution is -0.118. The summed E-state index contributed by atoms with van der Waals surface area (Å²) in [6.45, 7) is 7.66. The molecule has 0 aliphatic carbocycles. The van der Waals surface area contributed by atoms with E-state index in [9.17, 15) is 4.79 Å². The van der Waals surface area contributed by atoms with Gasteiger partial charge in [-0.1, -0.05) is 29.8 Å². The maximum Gasteiger partial charge on any atom is 0.247 e. The fourth-order valence-electron chi connectivity index (χ4n) is 1.92. The summed E-state index contributed by atoms with van der Waals surface area (Å²) in [5.41, 5.74) is 4.44. The van der Waals surface area contributed by atoms with Crippen LogP contribution in [0.5, 0.6) is 0 Å². The molecule has 1 fully saturated rings. The molecule has 0 unspecified atom stereocenters. The van der Waals surface area contributed by atoms with E-state index in [1.54, 1.807) is 0 Å². The zero-order valence-corrected chi connectivity index (χ0v) is 11.2. The quantitative estimate of drug-likeness (QED) is 0.799. The highest BCUT2D eigenvalue weighted by Gasteiger charge is 2.17. The van der Waals surface area contributed by atoms with E-state index in [2.05, 4.69) is 41.8 Å². The van der Waals surface area contributed by atoms with Crippen LogP contribution in [0.25, 0.3) is 0 Å². The number of nitrogens with one attached hydrogen (secondary N) is 2. The van der Waals surface area contributed by atoms with Crippen molar-refractivity contribution in [3.8, 4) is 0 Å². The predicted molar refractivity (Wildman–Crippen MR) is 73.3 cm³/mol. The van der Waals surface area contributed by atoms with E-state index in [0.29, 0.717) is 0 Å². The highest BCUT2D eigenvalue weighted by Crippen LogP contribution is 2.15. The van der Waals surface area contributed by atoms with Crippen LogP contribution in [0.4, 0.5) is 0 Å². The first-order valence-corrected chi connectivity index (χ1v) is 6.34. The Balaban J connectivity index is 2.01. The Hall–Kier alpha value is -1.61. The van der Waals surface area contributed by atoms with Gasteiger partial charge in [-0.25, -0.2) is 0 Å². The second-order valence-corrected chi connectivity index (χ2v) is 4.94. The minimum absolute atomic E-state index is 0.0413. The number of rotatable bonds is 3. The molecule has 1 aliphatic rings. The van der Waals surface area contributed by atoms with E-state index in [-0.39, 0.29) is 11.9 Å². The average Bonchev–Trinajstić information content (AvgIpc) is 2.27. The van der Waals surface area contributed by atoms with Crippen LogP contribution in [0.1, 0.15) is 31.0 Å². The maximum atomic E-state index is 12.0. The van der Waals surface area contributed by atoms with Crippen LogP contribution in [0.3, 0.4) is 0 Å². The summed E-state index contributed by atoms with van der Waals surface area (Å²) in [5.74, 6) is 0.0413. The van der Waals surface area contributed by atoms with Crippen molar-refractivity contribution in [1.29, 1.82) is 0 Å². The van der Waals surface area contributed by atoms with Crippen molar-refractivity contribution in [2.45, 2.75) is 26.8 Å². The lowest BCUT2D eigenvalue weighted by atomic mass is 10.0. The number of hydrogen-bond acceptors (Lipinski definition) is 2. The van der Waals surface area contributed by atoms with E-state index in [0.717, 1.165) is 24.2 Å². The fraction of sp³-hybridized carbons (Fsp3) is 0.400. The van der Waals surface area contributed by atoms with Crippen molar-refractivity contribution < 1.29 is 4.79 Å². The van der Waals surface area contributed by atoms with Gasteiger partial charge in [0.05, 0.1) is 6.04 Å². The number of carbonyl (C=O) groups excluding carboxylic acids is 1. The molecule has 1 aromatic rings. The molecule has 0 aromatic heterocycles. The van der Waals surface area contributed by atoms with Crippen LogP contribution in [-0.4, -0.2) is 19.0 Å². The standard InChI is InChI=1S/C15H20N2O/c1-10-4-6-13(7-5-10)12(3)17-15(18)11(2)14-8-16-9-14/h4-7,12,16H,8-9H2,1-3H3,(H,17,18)/t12-/m1/s1. The summed E-state index contributed by atoms with van der Waals surface area (Å²) in [4.78, 5) is 12.0. The molecule has 1 atom stereocenters. The molecule has 1 heterocycles. The molecule has 0 bridgehead atoms. The molecule has 3 nitrogen and oxygen atoms in total. The summed E-state index contributed by atoms with van der Waals surface area (Å²) < 4.78 is 0. The predicted octanol–water partition coefficient (Wildman–Crippen LogP) is 2.09. The molecule has 1 amide bonds. The van der Waals surface area contributed by atoms with Gasteiger partial charge in [0.25, 0.3) is 0 Å². The molecule has 2 N–H and O–H groups in total. The molecule has 2 rings (SSSR count). The van der Waals surface area contributed by atoms with E-state index < -0.39 is 0 Å². The van der Waals surface area contributed by atoms with Crippen molar-refractivity contribution >= 4 is 5.91 Å². The molecule has 3 heteroatoms. The van der Waals surface area contributed by atoms with E-state index in [4.69, 9.17) is 0 Å². The minimum Gasteiger partial charge on any atom is -0.346 e. The third kappa shape index (κ3) is 2.79. The summed E-state index contributed by atoms with van der Waals surface area (Å²) in [6.07, 6.45) is 0. The Morgan fingerprint density at radius 3 is 2.39 bits per heavy atom. The number of aryl methyl sites for hydroxylation is 1. The first kappa shape index (κ1) is 12.8. The van der Waals surface area contributed by atoms with Crippen molar-refractivity contribution in [3.05, 3.63) is 46.5 Å². The molecule has 1 aromatic carbocycles. The van der Waals surface area contributed by atoms with Gasteiger partial charge in [-0.3, -0.25) is 4.79 Å². The van der Waals surface area contributed by atoms with Crippen LogP contribution in [0.2, 0.25) is 0 Å². The van der Waals surface area contributed by atoms with Crippen LogP contribution < -0.4 is 10.6 Å². The number of benzene rings is 1. The van der Waals surface area contributed by atoms with E-state index >= 15 is 0 Å². The van der Waals surface area contributed by atoms with Crippen molar-refractivity contribution in [1.82, 2.24) is 10.6 Å². The third-order valence-electron chi connectivity index (χ3n) is 3.47. The molecule has 18 heavy (non-hydrogen) atoms. The summed E-state index contributed by atoms with van der Waals surface area (Å²) in [6, 6.07) is 8.31. The van der Waals surface area contributed by atoms with Gasteiger partial charge in [0.2, 0.25) is 5.91 Å². The smallest absolute Gasteiger partial charge is 0.247 e. The van der Waals surface area contributed by atoms with Gasteiger partial charge in [-0.05, 0) is 31.9 Å². The second kappa shape index (κ2) is 5.36. The number of hydrogen-bond donors (Lipinski definition) is 2. The van der Waals surface area contributed by atoms with Crippen LogP contribution >= 0.6 is 0 Å². The molecule has 0 spiro atoms. The van der Waals surface area contributed by atoms with Crippen molar-refractivity contribution in [2.75, 3.05) is 13.1 Å². The SMILES string of the molecule is CC(C(=O)N[C@H](C)c1ccc(C)cc1)=C1CNC1. The second-order valence-electron chi connectivity index (χ2n) is 4.94. The minimum atomic E-state index is 0.0413. The zero-order valence-electron chi connectivity index (χ0n) is 11.2. The Morgan fingerprint density at radius 1 is 1.28 bits per heavy atom. The van der Waals surface area contributed by atoms with Gasteiger partial charge in [0, 0.05) is 18.7 Å². The van der Waals surface area contributed by atoms with Crippen LogP contribution in [0, 0.1) is 6.92 Å². The largest absolute Gasteiger partial charge is 0.346 e. The monoisotopic (exact) mass is 244 g/mol. The summed E-state index contributed by atoms with van der Waals surface area (Å²) >= 11 is 0. The number of amides is 1. The lowest BCUT2D eigenvalue weighted by Gasteiger charge is -2.22. The Kier molecular flexibility index (Phi) is 3.82. The first-order chi connectivity index (χ1) is 8.58. The molecule has 0 radical (unpaired) electrons. The normalized spacial score (nSPS) is 15.8. The molecular weight excluding hydrogens is 224 g/mol. The average molecular weight is 244 g/mol. The van der Waals surface area contributed by atoms with Gasteiger partial charge in [0.15, 0.2) is 0 Å². The zero-order chi connectivity index (χ0) is 13.1. The van der Waals surface area contributed by atoms with Gasteiger partial charge in [-0.2, -0.15) is 0 Å². The van der Waals surface area contributed by atoms with Gasteiger partial charge >= 0.3 is 0 Å². The first-order valence-electron chi connectivity index (χ1n) is 6.34. The van der Waals surface area contributed by atoms with Gasteiger partial charge < -0.3 is 10.6 Å². The molecule has 1 aliphatic heterocycles. The van der Waals surface area contributed by atoms with Gasteiger partial charge in [-0.15, -0.1) is 0 Å². The lowest BCUT2D eigenvalue weighted by Crippen LogP contribution is -2.38. The summed E-state index contributed by atoms with van der Waals surface area (Å²) in [7, 11) is 0. The topological polar surface area (TPSA) is 41.1 Å². The fourth-order valence-corrected chi connectivity index (χ4v) is 1.92. The highest BCUT2D eigenvalue weighted by molar-refractivity contribution is 5.94. The van der Waals surface area contributed by atoms with Crippen molar-refractivity contribution in [2.24, 2.45) is 0 Å². The van der Waals surface area contributed by atoms with Crippen LogP contribution in [0.15, 0.2) is 35.4 Å². The Morgan fingerprint density at radius 2 is 1.89 bits per heavy atom. The van der Waals surface area contributed by atoms with E-state index in [1.165, 1.54) is 11.1 Å². The number of carbonyl (C=O) groups is 1. The maximum absolute atomic E-state index is 12.0. The van der Waals surface area contributed by atoms with Crippen LogP contribution in [-0.2, 0) is 4.79 Å². The third-order valence-corrected chi connectivity index (χ3v) is 3.47. The molecular formula is C15H20N2O. The molecule has 0 saturated carbocycles. The van der Waals surface area contributed by atoms with Crippen molar-refractivity contribution in [3.63, 3.8) is 0 Å². The van der Waals surface area contributed by atoms with E-state index in [1.807, 2.05) is 13.8 Å². The van der Waals surface area contributed by atoms with Gasteiger partial charge in [0.1, 0.15) is 0 Å². The molecule has 1 saturated heterocycles. The molecule has 96 valence electrons. The Bertz CT molecular complexity index is 468. The Labute approximate surface area is 108 Å².